The maximum atomic E-state index is 9.87. The molecule has 0 saturated heterocycles. The van der Waals surface area contributed by atoms with Crippen LogP contribution in [0.25, 0.3) is 10.9 Å². The van der Waals surface area contributed by atoms with Crippen molar-refractivity contribution in [2.24, 2.45) is 0 Å². The molecule has 0 aliphatic carbocycles. The number of hydrogen-bond donors (Lipinski definition) is 1. The lowest BCUT2D eigenvalue weighted by Crippen LogP contribution is -2.30. The van der Waals surface area contributed by atoms with Crippen LogP contribution in [0.15, 0.2) is 41.8 Å². The summed E-state index contributed by atoms with van der Waals surface area (Å²) in [5.41, 5.74) is 3.16. The van der Waals surface area contributed by atoms with E-state index < -0.39 is 0 Å². The zero-order chi connectivity index (χ0) is 17.8. The van der Waals surface area contributed by atoms with Crippen molar-refractivity contribution in [2.45, 2.75) is 33.0 Å². The van der Waals surface area contributed by atoms with Crippen LogP contribution in [0.2, 0.25) is 0 Å². The molecule has 5 heteroatoms. The Balaban J connectivity index is 1.85. The van der Waals surface area contributed by atoms with Crippen molar-refractivity contribution in [3.8, 4) is 5.75 Å². The normalized spacial score (nSPS) is 12.7. The highest BCUT2D eigenvalue weighted by atomic mass is 32.1. The summed E-state index contributed by atoms with van der Waals surface area (Å²) in [4.78, 5) is 8.38. The Kier molecular flexibility index (Phi) is 5.68. The van der Waals surface area contributed by atoms with Gasteiger partial charge in [0, 0.05) is 29.9 Å². The van der Waals surface area contributed by atoms with Gasteiger partial charge in [0.05, 0.1) is 18.9 Å². The van der Waals surface area contributed by atoms with Gasteiger partial charge in [-0.25, -0.2) is 4.98 Å². The van der Waals surface area contributed by atoms with Gasteiger partial charge >= 0.3 is 0 Å². The first-order valence-electron chi connectivity index (χ1n) is 8.43. The van der Waals surface area contributed by atoms with E-state index >= 15 is 0 Å². The fourth-order valence-corrected chi connectivity index (χ4v) is 3.92. The van der Waals surface area contributed by atoms with E-state index in [2.05, 4.69) is 35.4 Å². The lowest BCUT2D eigenvalue weighted by molar-refractivity contribution is 0.118. The number of aryl methyl sites for hydroxylation is 1. The molecule has 0 spiro atoms. The van der Waals surface area contributed by atoms with E-state index in [1.54, 1.807) is 18.4 Å². The molecule has 0 aliphatic rings. The predicted octanol–water partition coefficient (Wildman–Crippen LogP) is 4.00. The first kappa shape index (κ1) is 17.9. The second-order valence-corrected chi connectivity index (χ2v) is 7.38. The molecule has 0 bridgehead atoms. The topological polar surface area (TPSA) is 45.6 Å². The SMILES string of the molecule is COc1cccc2ccc(CN(Cc3sccc3C)CC(C)O)nc12. The van der Waals surface area contributed by atoms with Crippen molar-refractivity contribution in [1.29, 1.82) is 0 Å². The smallest absolute Gasteiger partial charge is 0.145 e. The first-order chi connectivity index (χ1) is 12.1. The van der Waals surface area contributed by atoms with E-state index in [0.717, 1.165) is 28.9 Å². The lowest BCUT2D eigenvalue weighted by atomic mass is 10.1. The minimum Gasteiger partial charge on any atom is -0.494 e. The number of aliphatic hydroxyl groups is 1. The van der Waals surface area contributed by atoms with Gasteiger partial charge in [0.25, 0.3) is 0 Å². The molecule has 132 valence electrons. The van der Waals surface area contributed by atoms with Crippen LogP contribution in [-0.4, -0.2) is 34.7 Å². The molecule has 25 heavy (non-hydrogen) atoms. The average Bonchev–Trinajstić information content (AvgIpc) is 2.98. The lowest BCUT2D eigenvalue weighted by Gasteiger charge is -2.23. The summed E-state index contributed by atoms with van der Waals surface area (Å²) in [5, 5.41) is 13.1. The maximum absolute atomic E-state index is 9.87. The number of thiophene rings is 1. The number of aromatic nitrogens is 1. The summed E-state index contributed by atoms with van der Waals surface area (Å²) in [6.45, 7) is 6.08. The van der Waals surface area contributed by atoms with Gasteiger partial charge in [0.1, 0.15) is 11.3 Å². The number of para-hydroxylation sites is 1. The highest BCUT2D eigenvalue weighted by Crippen LogP contribution is 2.24. The molecular weight excluding hydrogens is 332 g/mol. The van der Waals surface area contributed by atoms with Crippen molar-refractivity contribution in [3.05, 3.63) is 57.9 Å². The van der Waals surface area contributed by atoms with Crippen LogP contribution in [-0.2, 0) is 13.1 Å². The number of fused-ring (bicyclic) bond motifs is 1. The van der Waals surface area contributed by atoms with Gasteiger partial charge in [-0.3, -0.25) is 4.90 Å². The Morgan fingerprint density at radius 1 is 1.20 bits per heavy atom. The van der Waals surface area contributed by atoms with Crippen LogP contribution in [0.3, 0.4) is 0 Å². The zero-order valence-electron chi connectivity index (χ0n) is 14.9. The van der Waals surface area contributed by atoms with Crippen LogP contribution in [0.5, 0.6) is 5.75 Å². The summed E-state index contributed by atoms with van der Waals surface area (Å²) < 4.78 is 5.44. The standard InChI is InChI=1S/C20H24N2O2S/c1-14-9-10-25-19(14)13-22(11-15(2)23)12-17-8-7-16-5-4-6-18(24-3)20(16)21-17/h4-10,15,23H,11-13H2,1-3H3. The van der Waals surface area contributed by atoms with E-state index in [4.69, 9.17) is 9.72 Å². The van der Waals surface area contributed by atoms with Crippen LogP contribution in [0.4, 0.5) is 0 Å². The number of rotatable bonds is 7. The zero-order valence-corrected chi connectivity index (χ0v) is 15.7. The molecule has 0 saturated carbocycles. The number of ether oxygens (including phenoxy) is 1. The van der Waals surface area contributed by atoms with Crippen molar-refractivity contribution in [1.82, 2.24) is 9.88 Å². The van der Waals surface area contributed by atoms with Crippen molar-refractivity contribution >= 4 is 22.2 Å². The second-order valence-electron chi connectivity index (χ2n) is 6.38. The quantitative estimate of drug-likeness (QED) is 0.695. The fraction of sp³-hybridized carbons (Fsp3) is 0.350. The van der Waals surface area contributed by atoms with Crippen LogP contribution in [0.1, 0.15) is 23.1 Å². The number of aliphatic hydroxyl groups excluding tert-OH is 1. The third kappa shape index (κ3) is 4.37. The van der Waals surface area contributed by atoms with Gasteiger partial charge in [-0.2, -0.15) is 0 Å². The molecule has 2 aromatic heterocycles. The molecule has 1 aromatic carbocycles. The molecule has 0 fully saturated rings. The third-order valence-corrected chi connectivity index (χ3v) is 5.21. The van der Waals surface area contributed by atoms with E-state index in [0.29, 0.717) is 13.1 Å². The number of nitrogens with zero attached hydrogens (tertiary/aromatic N) is 2. The number of benzene rings is 1. The van der Waals surface area contributed by atoms with Crippen molar-refractivity contribution in [2.75, 3.05) is 13.7 Å². The minimum atomic E-state index is -0.379. The van der Waals surface area contributed by atoms with Crippen LogP contribution >= 0.6 is 11.3 Å². The molecule has 0 amide bonds. The Morgan fingerprint density at radius 3 is 2.72 bits per heavy atom. The fourth-order valence-electron chi connectivity index (χ4n) is 2.97. The molecule has 3 rings (SSSR count). The Morgan fingerprint density at radius 2 is 2.04 bits per heavy atom. The van der Waals surface area contributed by atoms with E-state index in [1.807, 2.05) is 25.1 Å². The molecule has 1 unspecified atom stereocenters. The molecule has 4 nitrogen and oxygen atoms in total. The minimum absolute atomic E-state index is 0.379. The monoisotopic (exact) mass is 356 g/mol. The van der Waals surface area contributed by atoms with Gasteiger partial charge in [0.2, 0.25) is 0 Å². The Bertz CT molecular complexity index is 845. The molecule has 1 atom stereocenters. The summed E-state index contributed by atoms with van der Waals surface area (Å²) in [6.07, 6.45) is -0.379. The predicted molar refractivity (Wildman–Crippen MR) is 103 cm³/mol. The van der Waals surface area contributed by atoms with E-state index in [1.165, 1.54) is 10.4 Å². The van der Waals surface area contributed by atoms with Crippen molar-refractivity contribution < 1.29 is 9.84 Å². The van der Waals surface area contributed by atoms with E-state index in [-0.39, 0.29) is 6.10 Å². The maximum Gasteiger partial charge on any atom is 0.145 e. The van der Waals surface area contributed by atoms with Crippen molar-refractivity contribution in [3.63, 3.8) is 0 Å². The van der Waals surface area contributed by atoms with Gasteiger partial charge < -0.3 is 9.84 Å². The molecule has 3 aromatic rings. The van der Waals surface area contributed by atoms with Crippen LogP contribution < -0.4 is 4.74 Å². The summed E-state index contributed by atoms with van der Waals surface area (Å²) in [6, 6.07) is 12.2. The van der Waals surface area contributed by atoms with Gasteiger partial charge in [-0.1, -0.05) is 18.2 Å². The highest BCUT2D eigenvalue weighted by molar-refractivity contribution is 7.10. The average molecular weight is 356 g/mol. The molecule has 2 heterocycles. The Hall–Kier alpha value is -1.95. The number of methoxy groups -OCH3 is 1. The van der Waals surface area contributed by atoms with Gasteiger partial charge in [-0.15, -0.1) is 11.3 Å². The Labute approximate surface area is 152 Å². The summed E-state index contributed by atoms with van der Waals surface area (Å²) in [7, 11) is 1.67. The summed E-state index contributed by atoms with van der Waals surface area (Å²) >= 11 is 1.76. The second kappa shape index (κ2) is 7.95. The largest absolute Gasteiger partial charge is 0.494 e. The summed E-state index contributed by atoms with van der Waals surface area (Å²) in [5.74, 6) is 0.788. The number of hydrogen-bond acceptors (Lipinski definition) is 5. The molecule has 0 radical (unpaired) electrons. The molecular formula is C20H24N2O2S. The van der Waals surface area contributed by atoms with E-state index in [9.17, 15) is 5.11 Å². The number of pyridine rings is 1. The van der Waals surface area contributed by atoms with Gasteiger partial charge in [0.15, 0.2) is 0 Å². The molecule has 0 aliphatic heterocycles. The van der Waals surface area contributed by atoms with Crippen LogP contribution in [0, 0.1) is 6.92 Å². The third-order valence-electron chi connectivity index (χ3n) is 4.20. The highest BCUT2D eigenvalue weighted by Gasteiger charge is 2.14. The van der Waals surface area contributed by atoms with Gasteiger partial charge in [-0.05, 0) is 43.0 Å². The first-order valence-corrected chi connectivity index (χ1v) is 9.31. The molecule has 1 N–H and O–H groups in total.